The molecule has 2 heterocycles. The maximum Gasteiger partial charge on any atom is 0.274 e. The van der Waals surface area contributed by atoms with Crippen molar-refractivity contribution in [1.82, 2.24) is 35.3 Å². The minimum atomic E-state index is -0.373. The number of aromatic nitrogens is 6. The van der Waals surface area contributed by atoms with Gasteiger partial charge in [-0.25, -0.2) is 4.68 Å². The molecule has 1 amide bonds. The lowest BCUT2D eigenvalue weighted by Gasteiger charge is -2.20. The maximum absolute atomic E-state index is 13.3. The number of carbonyl (C=O) groups is 1. The van der Waals surface area contributed by atoms with Crippen molar-refractivity contribution < 1.29 is 14.3 Å². The molecule has 0 unspecified atom stereocenters. The standard InChI is InChI=1S/C22H23N7O4/c1-4-15(12-28-22(31)16-8-6-5-7-14(16)11-24-28)25-21(30)17-9-19(32-2)20(33-3)10-18(17)29-13-23-26-27-29/h5-11,13,15H,4,12H2,1-3H3,(H,25,30)/t15-/m0/s1. The lowest BCUT2D eigenvalue weighted by Crippen LogP contribution is -2.40. The summed E-state index contributed by atoms with van der Waals surface area (Å²) in [6.45, 7) is 2.15. The van der Waals surface area contributed by atoms with Crippen LogP contribution < -0.4 is 20.3 Å². The number of methoxy groups -OCH3 is 2. The van der Waals surface area contributed by atoms with Gasteiger partial charge >= 0.3 is 0 Å². The summed E-state index contributed by atoms with van der Waals surface area (Å²) >= 11 is 0. The van der Waals surface area contributed by atoms with Crippen molar-refractivity contribution in [3.8, 4) is 17.2 Å². The van der Waals surface area contributed by atoms with Crippen molar-refractivity contribution in [2.75, 3.05) is 14.2 Å². The highest BCUT2D eigenvalue weighted by Crippen LogP contribution is 2.32. The zero-order valence-electron chi connectivity index (χ0n) is 18.4. The molecule has 1 atom stereocenters. The first-order valence-electron chi connectivity index (χ1n) is 10.3. The highest BCUT2D eigenvalue weighted by Gasteiger charge is 2.22. The lowest BCUT2D eigenvalue weighted by molar-refractivity contribution is 0.0930. The molecule has 0 bridgehead atoms. The molecule has 4 rings (SSSR count). The van der Waals surface area contributed by atoms with E-state index in [-0.39, 0.29) is 29.6 Å². The summed E-state index contributed by atoms with van der Waals surface area (Å²) < 4.78 is 13.5. The molecule has 0 fully saturated rings. The fourth-order valence-electron chi connectivity index (χ4n) is 3.52. The normalized spacial score (nSPS) is 11.8. The number of amides is 1. The summed E-state index contributed by atoms with van der Waals surface area (Å²) in [4.78, 5) is 26.1. The van der Waals surface area contributed by atoms with Gasteiger partial charge < -0.3 is 14.8 Å². The molecule has 33 heavy (non-hydrogen) atoms. The van der Waals surface area contributed by atoms with E-state index in [1.165, 1.54) is 29.9 Å². The van der Waals surface area contributed by atoms with Crippen molar-refractivity contribution in [3.05, 3.63) is 64.8 Å². The molecule has 1 N–H and O–H groups in total. The van der Waals surface area contributed by atoms with Crippen molar-refractivity contribution in [2.45, 2.75) is 25.9 Å². The summed E-state index contributed by atoms with van der Waals surface area (Å²) in [5, 5.41) is 19.8. The van der Waals surface area contributed by atoms with Crippen LogP contribution in [0.1, 0.15) is 23.7 Å². The van der Waals surface area contributed by atoms with Gasteiger partial charge in [0.2, 0.25) is 0 Å². The van der Waals surface area contributed by atoms with Crippen LogP contribution in [0.15, 0.2) is 53.7 Å². The number of hydrogen-bond donors (Lipinski definition) is 1. The van der Waals surface area contributed by atoms with Crippen LogP contribution in [0.5, 0.6) is 11.5 Å². The van der Waals surface area contributed by atoms with Crippen LogP contribution in [0, 0.1) is 0 Å². The van der Waals surface area contributed by atoms with Gasteiger partial charge in [0.25, 0.3) is 11.5 Å². The van der Waals surface area contributed by atoms with Crippen LogP contribution in [0.25, 0.3) is 16.5 Å². The summed E-state index contributed by atoms with van der Waals surface area (Å²) in [7, 11) is 2.99. The first-order valence-corrected chi connectivity index (χ1v) is 10.3. The van der Waals surface area contributed by atoms with Crippen LogP contribution in [0.3, 0.4) is 0 Å². The zero-order chi connectivity index (χ0) is 23.4. The summed E-state index contributed by atoms with van der Waals surface area (Å²) in [5.74, 6) is 0.445. The van der Waals surface area contributed by atoms with E-state index >= 15 is 0 Å². The Balaban J connectivity index is 1.64. The molecule has 4 aromatic rings. The third-order valence-electron chi connectivity index (χ3n) is 5.33. The molecule has 0 aliphatic carbocycles. The quantitative estimate of drug-likeness (QED) is 0.430. The van der Waals surface area contributed by atoms with Crippen molar-refractivity contribution in [2.24, 2.45) is 0 Å². The number of hydrogen-bond acceptors (Lipinski definition) is 8. The Morgan fingerprint density at radius 1 is 1.15 bits per heavy atom. The smallest absolute Gasteiger partial charge is 0.274 e. The number of benzene rings is 2. The Bertz CT molecular complexity index is 1330. The number of fused-ring (bicyclic) bond motifs is 1. The molecule has 0 aliphatic heterocycles. The highest BCUT2D eigenvalue weighted by molar-refractivity contribution is 5.98. The minimum Gasteiger partial charge on any atom is -0.493 e. The average Bonchev–Trinajstić information content (AvgIpc) is 3.39. The predicted molar refractivity (Wildman–Crippen MR) is 120 cm³/mol. The van der Waals surface area contributed by atoms with E-state index < -0.39 is 0 Å². The van der Waals surface area contributed by atoms with Gasteiger partial charge in [-0.1, -0.05) is 25.1 Å². The Hall–Kier alpha value is -4.28. The first kappa shape index (κ1) is 21.9. The van der Waals surface area contributed by atoms with Gasteiger partial charge in [-0.2, -0.15) is 9.78 Å². The second-order valence-electron chi connectivity index (χ2n) is 7.28. The molecule has 11 heteroatoms. The van der Waals surface area contributed by atoms with Crippen LogP contribution in [0.2, 0.25) is 0 Å². The molecule has 0 aliphatic rings. The Kier molecular flexibility index (Phi) is 6.29. The molecule has 2 aromatic carbocycles. The molecular formula is C22H23N7O4. The second-order valence-corrected chi connectivity index (χ2v) is 7.28. The number of nitrogens with zero attached hydrogens (tertiary/aromatic N) is 6. The van der Waals surface area contributed by atoms with Crippen LogP contribution in [-0.4, -0.2) is 56.2 Å². The topological polar surface area (TPSA) is 126 Å². The number of carbonyl (C=O) groups excluding carboxylic acids is 1. The number of nitrogens with one attached hydrogen (secondary N) is 1. The van der Waals surface area contributed by atoms with Crippen molar-refractivity contribution >= 4 is 16.7 Å². The largest absolute Gasteiger partial charge is 0.493 e. The zero-order valence-corrected chi connectivity index (χ0v) is 18.4. The minimum absolute atomic E-state index is 0.207. The second kappa shape index (κ2) is 9.47. The van der Waals surface area contributed by atoms with E-state index in [0.717, 1.165) is 5.39 Å². The monoisotopic (exact) mass is 449 g/mol. The lowest BCUT2D eigenvalue weighted by atomic mass is 10.1. The van der Waals surface area contributed by atoms with E-state index in [0.29, 0.717) is 29.0 Å². The number of ether oxygens (including phenoxy) is 2. The Morgan fingerprint density at radius 3 is 2.61 bits per heavy atom. The molecule has 0 radical (unpaired) electrons. The van der Waals surface area contributed by atoms with Crippen molar-refractivity contribution in [1.29, 1.82) is 0 Å². The van der Waals surface area contributed by atoms with Gasteiger partial charge in [-0.05, 0) is 29.0 Å². The van der Waals surface area contributed by atoms with Crippen LogP contribution in [-0.2, 0) is 6.54 Å². The van der Waals surface area contributed by atoms with Crippen molar-refractivity contribution in [3.63, 3.8) is 0 Å². The molecule has 0 spiro atoms. The fraction of sp³-hybridized carbons (Fsp3) is 0.273. The molecule has 0 saturated heterocycles. The van der Waals surface area contributed by atoms with E-state index in [1.54, 1.807) is 24.4 Å². The molecule has 11 nitrogen and oxygen atoms in total. The van der Waals surface area contributed by atoms with E-state index in [4.69, 9.17) is 9.47 Å². The van der Waals surface area contributed by atoms with Gasteiger partial charge in [-0.3, -0.25) is 9.59 Å². The van der Waals surface area contributed by atoms with E-state index in [1.807, 2.05) is 25.1 Å². The Morgan fingerprint density at radius 2 is 1.91 bits per heavy atom. The van der Waals surface area contributed by atoms with Gasteiger partial charge in [0.05, 0.1) is 43.6 Å². The molecular weight excluding hydrogens is 426 g/mol. The highest BCUT2D eigenvalue weighted by atomic mass is 16.5. The summed E-state index contributed by atoms with van der Waals surface area (Å²) in [6.07, 6.45) is 3.61. The predicted octanol–water partition coefficient (Wildman–Crippen LogP) is 1.60. The van der Waals surface area contributed by atoms with Gasteiger partial charge in [0, 0.05) is 17.5 Å². The van der Waals surface area contributed by atoms with Crippen LogP contribution in [0.4, 0.5) is 0 Å². The molecule has 2 aromatic heterocycles. The van der Waals surface area contributed by atoms with Gasteiger partial charge in [-0.15, -0.1) is 5.10 Å². The molecule has 0 saturated carbocycles. The first-order chi connectivity index (χ1) is 16.0. The average molecular weight is 449 g/mol. The number of rotatable bonds is 8. The van der Waals surface area contributed by atoms with Gasteiger partial charge in [0.15, 0.2) is 11.5 Å². The SMILES string of the molecule is CC[C@@H](Cn1ncc2ccccc2c1=O)NC(=O)c1cc(OC)c(OC)cc1-n1cnnn1. The third kappa shape index (κ3) is 4.38. The van der Waals surface area contributed by atoms with Gasteiger partial charge in [0.1, 0.15) is 6.33 Å². The van der Waals surface area contributed by atoms with E-state index in [2.05, 4.69) is 25.9 Å². The van der Waals surface area contributed by atoms with Crippen LogP contribution >= 0.6 is 0 Å². The molecule has 170 valence electrons. The third-order valence-corrected chi connectivity index (χ3v) is 5.33. The number of tetrazole rings is 1. The summed E-state index contributed by atoms with van der Waals surface area (Å²) in [6, 6.07) is 10.1. The fourth-order valence-corrected chi connectivity index (χ4v) is 3.52. The summed E-state index contributed by atoms with van der Waals surface area (Å²) in [5.41, 5.74) is 0.504. The van der Waals surface area contributed by atoms with E-state index in [9.17, 15) is 9.59 Å². The maximum atomic E-state index is 13.3. The Labute approximate surface area is 188 Å².